The minimum absolute atomic E-state index is 0.205. The number of nitrogens with zero attached hydrogens (tertiary/aromatic N) is 3. The van der Waals surface area contributed by atoms with Crippen LogP contribution >= 0.6 is 0 Å². The topological polar surface area (TPSA) is 29.0 Å². The summed E-state index contributed by atoms with van der Waals surface area (Å²) in [5.74, 6) is 0.205. The van der Waals surface area contributed by atoms with E-state index < -0.39 is 12.6 Å². The minimum atomic E-state index is -5.05. The fourth-order valence-electron chi connectivity index (χ4n) is 0.743. The molecule has 0 aromatic carbocycles. The van der Waals surface area contributed by atoms with Crippen LogP contribution < -0.4 is 10.5 Å². The third kappa shape index (κ3) is 2.33. The van der Waals surface area contributed by atoms with Crippen molar-refractivity contribution in [3.8, 4) is 0 Å². The Morgan fingerprint density at radius 1 is 1.23 bits per heavy atom. The monoisotopic (exact) mass is 190 g/mol. The Kier molecular flexibility index (Phi) is 2.44. The van der Waals surface area contributed by atoms with Gasteiger partial charge >= 0.3 is 6.98 Å². The SMILES string of the molecule is CN(C)c1cncc([B-](F)(F)F)n1. The predicted octanol–water partition coefficient (Wildman–Crippen LogP) is 0.597. The highest BCUT2D eigenvalue weighted by atomic mass is 19.4. The molecule has 1 heterocycles. The van der Waals surface area contributed by atoms with Gasteiger partial charge in [-0.1, -0.05) is 0 Å². The number of aromatic nitrogens is 2. The van der Waals surface area contributed by atoms with Gasteiger partial charge in [0, 0.05) is 25.9 Å². The van der Waals surface area contributed by atoms with Crippen molar-refractivity contribution < 1.29 is 12.9 Å². The standard InChI is InChI=1S/C6H8BF3N3/c1-13(2)6-4-11-3-5(12-6)7(8,9)10/h3-4H,1-2H3/q-1. The normalized spacial score (nSPS) is 11.5. The van der Waals surface area contributed by atoms with Crippen LogP contribution in [0.5, 0.6) is 0 Å². The van der Waals surface area contributed by atoms with Crippen molar-refractivity contribution in [3.05, 3.63) is 12.4 Å². The van der Waals surface area contributed by atoms with Crippen molar-refractivity contribution in [2.45, 2.75) is 0 Å². The van der Waals surface area contributed by atoms with Crippen molar-refractivity contribution in [3.63, 3.8) is 0 Å². The molecule has 0 aliphatic carbocycles. The Balaban J connectivity index is 3.06. The highest BCUT2D eigenvalue weighted by Crippen LogP contribution is 2.09. The lowest BCUT2D eigenvalue weighted by Crippen LogP contribution is -2.37. The Bertz CT molecular complexity index is 299. The molecule has 0 bridgehead atoms. The van der Waals surface area contributed by atoms with Gasteiger partial charge in [0.1, 0.15) is 5.82 Å². The first kappa shape index (κ1) is 9.82. The highest BCUT2D eigenvalue weighted by molar-refractivity contribution is 6.72. The average Bonchev–Trinajstić information content (AvgIpc) is 2.03. The van der Waals surface area contributed by atoms with Gasteiger partial charge in [0.15, 0.2) is 0 Å². The first-order valence-corrected chi connectivity index (χ1v) is 3.60. The summed E-state index contributed by atoms with van der Waals surface area (Å²) in [7, 11) is 3.22. The summed E-state index contributed by atoms with van der Waals surface area (Å²) < 4.78 is 36.5. The van der Waals surface area contributed by atoms with Crippen LogP contribution in [-0.4, -0.2) is 31.0 Å². The van der Waals surface area contributed by atoms with Gasteiger partial charge in [-0.05, 0) is 0 Å². The molecular formula is C6H8BF3N3-. The van der Waals surface area contributed by atoms with E-state index in [0.717, 1.165) is 6.20 Å². The fraction of sp³-hybridized carbons (Fsp3) is 0.333. The Morgan fingerprint density at radius 2 is 1.85 bits per heavy atom. The third-order valence-corrected chi connectivity index (χ3v) is 1.43. The van der Waals surface area contributed by atoms with Gasteiger partial charge in [-0.15, -0.1) is 0 Å². The summed E-state index contributed by atoms with van der Waals surface area (Å²) in [5.41, 5.74) is -0.911. The van der Waals surface area contributed by atoms with Gasteiger partial charge in [-0.25, -0.2) is 0 Å². The smallest absolute Gasteiger partial charge is 0.444 e. The zero-order valence-corrected chi connectivity index (χ0v) is 7.21. The van der Waals surface area contributed by atoms with Crippen LogP contribution in [0.1, 0.15) is 0 Å². The summed E-state index contributed by atoms with van der Waals surface area (Å²) >= 11 is 0. The summed E-state index contributed by atoms with van der Waals surface area (Å²) in [6.07, 6.45) is 2.01. The van der Waals surface area contributed by atoms with Crippen molar-refractivity contribution >= 4 is 18.4 Å². The zero-order valence-electron chi connectivity index (χ0n) is 7.21. The lowest BCUT2D eigenvalue weighted by Gasteiger charge is -2.16. The summed E-state index contributed by atoms with van der Waals surface area (Å²) in [6, 6.07) is 0. The van der Waals surface area contributed by atoms with E-state index in [-0.39, 0.29) is 5.82 Å². The van der Waals surface area contributed by atoms with Gasteiger partial charge in [0.25, 0.3) is 0 Å². The first-order chi connectivity index (χ1) is 5.91. The number of rotatable bonds is 2. The molecule has 72 valence electrons. The van der Waals surface area contributed by atoms with Crippen LogP contribution in [0.25, 0.3) is 0 Å². The first-order valence-electron chi connectivity index (χ1n) is 3.60. The number of anilines is 1. The Labute approximate surface area is 73.7 Å². The molecule has 0 unspecified atom stereocenters. The van der Waals surface area contributed by atoms with Crippen molar-refractivity contribution in [2.75, 3.05) is 19.0 Å². The van der Waals surface area contributed by atoms with Crippen molar-refractivity contribution in [1.82, 2.24) is 9.97 Å². The van der Waals surface area contributed by atoms with E-state index in [9.17, 15) is 12.9 Å². The van der Waals surface area contributed by atoms with E-state index in [1.807, 2.05) is 0 Å². The van der Waals surface area contributed by atoms with E-state index >= 15 is 0 Å². The summed E-state index contributed by atoms with van der Waals surface area (Å²) in [6.45, 7) is -5.05. The molecule has 0 aliphatic rings. The molecule has 0 saturated carbocycles. The lowest BCUT2D eigenvalue weighted by atomic mass is 9.87. The van der Waals surface area contributed by atoms with E-state index in [1.54, 1.807) is 14.1 Å². The molecule has 0 saturated heterocycles. The molecule has 1 aromatic rings. The van der Waals surface area contributed by atoms with Crippen molar-refractivity contribution in [2.24, 2.45) is 0 Å². The van der Waals surface area contributed by atoms with Crippen molar-refractivity contribution in [1.29, 1.82) is 0 Å². The number of hydrogen-bond acceptors (Lipinski definition) is 3. The van der Waals surface area contributed by atoms with E-state index in [1.165, 1.54) is 11.1 Å². The van der Waals surface area contributed by atoms with Crippen LogP contribution in [0.15, 0.2) is 12.4 Å². The number of halogens is 3. The molecule has 0 radical (unpaired) electrons. The largest absolute Gasteiger partial charge is 0.529 e. The molecule has 0 fully saturated rings. The van der Waals surface area contributed by atoms with Crippen LogP contribution in [0.2, 0.25) is 0 Å². The quantitative estimate of drug-likeness (QED) is 0.639. The van der Waals surface area contributed by atoms with Crippen LogP contribution in [0.3, 0.4) is 0 Å². The maximum atomic E-state index is 12.2. The lowest BCUT2D eigenvalue weighted by molar-refractivity contribution is 0.498. The second-order valence-electron chi connectivity index (χ2n) is 2.77. The minimum Gasteiger partial charge on any atom is -0.444 e. The molecule has 3 nitrogen and oxygen atoms in total. The van der Waals surface area contributed by atoms with Gasteiger partial charge in [-0.3, -0.25) is 9.97 Å². The molecule has 0 spiro atoms. The van der Waals surface area contributed by atoms with Gasteiger partial charge in [0.2, 0.25) is 0 Å². The van der Waals surface area contributed by atoms with Gasteiger partial charge < -0.3 is 17.8 Å². The molecule has 13 heavy (non-hydrogen) atoms. The molecule has 0 atom stereocenters. The molecule has 0 amide bonds. The second kappa shape index (κ2) is 3.23. The molecule has 1 rings (SSSR count). The van der Waals surface area contributed by atoms with Gasteiger partial charge in [0.05, 0.1) is 6.20 Å². The third-order valence-electron chi connectivity index (χ3n) is 1.43. The predicted molar refractivity (Wildman–Crippen MR) is 45.1 cm³/mol. The summed E-state index contributed by atoms with van der Waals surface area (Å²) in [4.78, 5) is 8.34. The van der Waals surface area contributed by atoms with Crippen LogP contribution in [0.4, 0.5) is 18.8 Å². The van der Waals surface area contributed by atoms with Crippen LogP contribution in [0, 0.1) is 0 Å². The van der Waals surface area contributed by atoms with E-state index in [0.29, 0.717) is 0 Å². The van der Waals surface area contributed by atoms with E-state index in [4.69, 9.17) is 0 Å². The maximum absolute atomic E-state index is 12.2. The Morgan fingerprint density at radius 3 is 2.31 bits per heavy atom. The molecule has 1 aromatic heterocycles. The fourth-order valence-corrected chi connectivity index (χ4v) is 0.743. The highest BCUT2D eigenvalue weighted by Gasteiger charge is 2.28. The van der Waals surface area contributed by atoms with Gasteiger partial charge in [-0.2, -0.15) is 0 Å². The Hall–Kier alpha value is -1.27. The maximum Gasteiger partial charge on any atom is 0.529 e. The zero-order chi connectivity index (χ0) is 10.1. The van der Waals surface area contributed by atoms with E-state index in [2.05, 4.69) is 9.97 Å². The van der Waals surface area contributed by atoms with Crippen LogP contribution in [-0.2, 0) is 0 Å². The molecular weight excluding hydrogens is 182 g/mol. The number of hydrogen-bond donors (Lipinski definition) is 0. The molecule has 0 aliphatic heterocycles. The molecule has 7 heteroatoms. The molecule has 0 N–H and O–H groups in total. The average molecular weight is 190 g/mol. The summed E-state index contributed by atoms with van der Waals surface area (Å²) in [5, 5.41) is 0. The second-order valence-corrected chi connectivity index (χ2v) is 2.77.